The second-order valence-corrected chi connectivity index (χ2v) is 6.12. The van der Waals surface area contributed by atoms with Gasteiger partial charge in [0.25, 0.3) is 0 Å². The summed E-state index contributed by atoms with van der Waals surface area (Å²) in [5.41, 5.74) is 5.70. The van der Waals surface area contributed by atoms with Crippen LogP contribution in [-0.4, -0.2) is 6.54 Å². The molecule has 0 spiro atoms. The van der Waals surface area contributed by atoms with Crippen molar-refractivity contribution in [3.63, 3.8) is 0 Å². The Bertz CT molecular complexity index is 598. The van der Waals surface area contributed by atoms with E-state index in [2.05, 4.69) is 67.7 Å². The van der Waals surface area contributed by atoms with Gasteiger partial charge in [0.2, 0.25) is 0 Å². The van der Waals surface area contributed by atoms with Crippen LogP contribution in [0.1, 0.15) is 56.2 Å². The minimum absolute atomic E-state index is 0.408. The van der Waals surface area contributed by atoms with Crippen LogP contribution in [0.4, 0.5) is 0 Å². The summed E-state index contributed by atoms with van der Waals surface area (Å²) in [5.74, 6) is 0.774. The maximum absolute atomic E-state index is 3.50. The molecule has 1 fully saturated rings. The van der Waals surface area contributed by atoms with E-state index < -0.39 is 0 Å². The van der Waals surface area contributed by atoms with Gasteiger partial charge in [0, 0.05) is 6.04 Å². The molecule has 1 unspecified atom stereocenters. The van der Waals surface area contributed by atoms with Crippen molar-refractivity contribution in [3.05, 3.63) is 59.7 Å². The lowest BCUT2D eigenvalue weighted by Gasteiger charge is -2.28. The maximum Gasteiger partial charge on any atom is 0.0291 e. The fraction of sp³-hybridized carbons (Fsp3) is 0.400. The van der Waals surface area contributed by atoms with Crippen LogP contribution in [0.15, 0.2) is 48.5 Å². The van der Waals surface area contributed by atoms with Gasteiger partial charge in [-0.1, -0.05) is 55.8 Å². The van der Waals surface area contributed by atoms with E-state index in [1.807, 2.05) is 0 Å². The van der Waals surface area contributed by atoms with Gasteiger partial charge in [-0.2, -0.15) is 0 Å². The van der Waals surface area contributed by atoms with Crippen LogP contribution in [0, 0.1) is 0 Å². The van der Waals surface area contributed by atoms with Crippen LogP contribution in [0.5, 0.6) is 0 Å². The second kappa shape index (κ2) is 6.44. The number of hydrogen-bond acceptors (Lipinski definition) is 1. The predicted molar refractivity (Wildman–Crippen MR) is 90.6 cm³/mol. The topological polar surface area (TPSA) is 12.0 Å². The van der Waals surface area contributed by atoms with Gasteiger partial charge in [0.05, 0.1) is 0 Å². The standard InChI is InChI=1S/C20H25N/c1-3-21-15(2)17-10-7-11-18(14-17)20-13-5-4-12-19(20)16-8-6-9-16/h4-5,7,10-16,21H,3,6,8-9H2,1-2H3. The molecule has 0 amide bonds. The summed E-state index contributed by atoms with van der Waals surface area (Å²) in [6.45, 7) is 5.40. The molecule has 2 aromatic rings. The lowest BCUT2D eigenvalue weighted by atomic mass is 9.77. The average molecular weight is 279 g/mol. The molecule has 1 nitrogen and oxygen atoms in total. The van der Waals surface area contributed by atoms with E-state index in [0.717, 1.165) is 12.5 Å². The van der Waals surface area contributed by atoms with Crippen molar-refractivity contribution in [2.24, 2.45) is 0 Å². The van der Waals surface area contributed by atoms with Gasteiger partial charge < -0.3 is 5.32 Å². The summed E-state index contributed by atoms with van der Waals surface area (Å²) in [5, 5.41) is 3.50. The summed E-state index contributed by atoms with van der Waals surface area (Å²) in [6, 6.07) is 18.4. The molecule has 1 N–H and O–H groups in total. The van der Waals surface area contributed by atoms with Crippen molar-refractivity contribution in [3.8, 4) is 11.1 Å². The SMILES string of the molecule is CCNC(C)c1cccc(-c2ccccc2C2CCC2)c1. The first kappa shape index (κ1) is 14.3. The summed E-state index contributed by atoms with van der Waals surface area (Å²) >= 11 is 0. The first-order chi connectivity index (χ1) is 10.3. The van der Waals surface area contributed by atoms with Gasteiger partial charge >= 0.3 is 0 Å². The smallest absolute Gasteiger partial charge is 0.0291 e. The molecule has 0 saturated heterocycles. The van der Waals surface area contributed by atoms with Crippen LogP contribution in [-0.2, 0) is 0 Å². The van der Waals surface area contributed by atoms with E-state index in [0.29, 0.717) is 6.04 Å². The zero-order chi connectivity index (χ0) is 14.7. The van der Waals surface area contributed by atoms with E-state index in [-0.39, 0.29) is 0 Å². The first-order valence-corrected chi connectivity index (χ1v) is 8.22. The molecule has 1 aliphatic carbocycles. The fourth-order valence-corrected chi connectivity index (χ4v) is 3.23. The van der Waals surface area contributed by atoms with Crippen LogP contribution >= 0.6 is 0 Å². The Kier molecular flexibility index (Phi) is 4.40. The highest BCUT2D eigenvalue weighted by Crippen LogP contribution is 2.41. The summed E-state index contributed by atoms with van der Waals surface area (Å²) in [7, 11) is 0. The molecular weight excluding hydrogens is 254 g/mol. The molecule has 0 radical (unpaired) electrons. The van der Waals surface area contributed by atoms with E-state index >= 15 is 0 Å². The van der Waals surface area contributed by atoms with E-state index in [4.69, 9.17) is 0 Å². The molecule has 1 heteroatoms. The molecule has 0 heterocycles. The largest absolute Gasteiger partial charge is 0.310 e. The van der Waals surface area contributed by atoms with Crippen molar-refractivity contribution in [2.75, 3.05) is 6.54 Å². The fourth-order valence-electron chi connectivity index (χ4n) is 3.23. The van der Waals surface area contributed by atoms with Crippen molar-refractivity contribution in [2.45, 2.75) is 45.1 Å². The zero-order valence-corrected chi connectivity index (χ0v) is 13.1. The minimum atomic E-state index is 0.408. The number of hydrogen-bond donors (Lipinski definition) is 1. The molecule has 1 saturated carbocycles. The molecular formula is C20H25N. The van der Waals surface area contributed by atoms with E-state index in [1.165, 1.54) is 41.5 Å². The average Bonchev–Trinajstić information content (AvgIpc) is 2.46. The third-order valence-electron chi connectivity index (χ3n) is 4.71. The van der Waals surface area contributed by atoms with Gasteiger partial charge in [0.1, 0.15) is 0 Å². The van der Waals surface area contributed by atoms with Gasteiger partial charge in [-0.15, -0.1) is 0 Å². The van der Waals surface area contributed by atoms with Crippen LogP contribution < -0.4 is 5.32 Å². The third kappa shape index (κ3) is 3.03. The van der Waals surface area contributed by atoms with Gasteiger partial charge in [-0.3, -0.25) is 0 Å². The van der Waals surface area contributed by atoms with Crippen molar-refractivity contribution >= 4 is 0 Å². The monoisotopic (exact) mass is 279 g/mol. The molecule has 0 aliphatic heterocycles. The minimum Gasteiger partial charge on any atom is -0.310 e. The van der Waals surface area contributed by atoms with Crippen molar-refractivity contribution in [1.29, 1.82) is 0 Å². The number of rotatable bonds is 5. The van der Waals surface area contributed by atoms with Crippen LogP contribution in [0.2, 0.25) is 0 Å². The molecule has 0 aromatic heterocycles. The number of benzene rings is 2. The molecule has 1 atom stereocenters. The molecule has 3 rings (SSSR count). The molecule has 2 aromatic carbocycles. The number of nitrogens with one attached hydrogen (secondary N) is 1. The third-order valence-corrected chi connectivity index (χ3v) is 4.71. The van der Waals surface area contributed by atoms with Gasteiger partial charge in [0.15, 0.2) is 0 Å². The molecule has 0 bridgehead atoms. The lowest BCUT2D eigenvalue weighted by Crippen LogP contribution is -2.17. The summed E-state index contributed by atoms with van der Waals surface area (Å²) < 4.78 is 0. The Hall–Kier alpha value is -1.60. The Morgan fingerprint density at radius 1 is 1.10 bits per heavy atom. The summed E-state index contributed by atoms with van der Waals surface area (Å²) in [6.07, 6.45) is 4.09. The molecule has 110 valence electrons. The highest BCUT2D eigenvalue weighted by atomic mass is 14.9. The first-order valence-electron chi connectivity index (χ1n) is 8.22. The van der Waals surface area contributed by atoms with Gasteiger partial charge in [-0.05, 0) is 60.5 Å². The van der Waals surface area contributed by atoms with Crippen LogP contribution in [0.25, 0.3) is 11.1 Å². The van der Waals surface area contributed by atoms with Crippen molar-refractivity contribution in [1.82, 2.24) is 5.32 Å². The molecule has 21 heavy (non-hydrogen) atoms. The Morgan fingerprint density at radius 3 is 2.62 bits per heavy atom. The zero-order valence-electron chi connectivity index (χ0n) is 13.1. The second-order valence-electron chi connectivity index (χ2n) is 6.12. The highest BCUT2D eigenvalue weighted by molar-refractivity contribution is 5.69. The Balaban J connectivity index is 1.95. The Labute approximate surface area is 128 Å². The Morgan fingerprint density at radius 2 is 1.90 bits per heavy atom. The summed E-state index contributed by atoms with van der Waals surface area (Å²) in [4.78, 5) is 0. The highest BCUT2D eigenvalue weighted by Gasteiger charge is 2.22. The maximum atomic E-state index is 3.50. The lowest BCUT2D eigenvalue weighted by molar-refractivity contribution is 0.420. The van der Waals surface area contributed by atoms with E-state index in [1.54, 1.807) is 0 Å². The van der Waals surface area contributed by atoms with Crippen molar-refractivity contribution < 1.29 is 0 Å². The predicted octanol–water partition coefficient (Wildman–Crippen LogP) is 5.29. The van der Waals surface area contributed by atoms with Crippen LogP contribution in [0.3, 0.4) is 0 Å². The van der Waals surface area contributed by atoms with E-state index in [9.17, 15) is 0 Å². The van der Waals surface area contributed by atoms with Gasteiger partial charge in [-0.25, -0.2) is 0 Å². The normalized spacial score (nSPS) is 16.5. The quantitative estimate of drug-likeness (QED) is 0.784. The molecule has 1 aliphatic rings.